The molecule has 3 N–H and O–H groups in total. The van der Waals surface area contributed by atoms with Crippen LogP contribution in [0.25, 0.3) is 0 Å². The maximum absolute atomic E-state index is 5.62. The van der Waals surface area contributed by atoms with Gasteiger partial charge in [-0.2, -0.15) is 11.3 Å². The number of hydrogen-bond donors (Lipinski definition) is 2. The van der Waals surface area contributed by atoms with Crippen LogP contribution in [0.5, 0.6) is 0 Å². The van der Waals surface area contributed by atoms with Crippen molar-refractivity contribution in [1.82, 2.24) is 5.43 Å². The molecule has 1 unspecified atom stereocenters. The van der Waals surface area contributed by atoms with Crippen molar-refractivity contribution < 1.29 is 0 Å². The lowest BCUT2D eigenvalue weighted by Gasteiger charge is -2.15. The first-order valence-corrected chi connectivity index (χ1v) is 7.04. The molecule has 2 nitrogen and oxygen atoms in total. The van der Waals surface area contributed by atoms with Crippen molar-refractivity contribution in [2.45, 2.75) is 12.5 Å². The predicted octanol–water partition coefficient (Wildman–Crippen LogP) is 3.10. The van der Waals surface area contributed by atoms with Gasteiger partial charge in [-0.25, -0.2) is 0 Å². The number of rotatable bonds is 4. The summed E-state index contributed by atoms with van der Waals surface area (Å²) in [7, 11) is 0. The number of nitrogens with two attached hydrogens (primary N) is 1. The number of thiophene rings is 1. The lowest BCUT2D eigenvalue weighted by atomic mass is 10.0. The van der Waals surface area contributed by atoms with Crippen LogP contribution in [0, 0.1) is 3.57 Å². The van der Waals surface area contributed by atoms with Crippen LogP contribution in [0.3, 0.4) is 0 Å². The smallest absolute Gasteiger partial charge is 0.0500 e. The van der Waals surface area contributed by atoms with Gasteiger partial charge in [-0.05, 0) is 69.1 Å². The van der Waals surface area contributed by atoms with Crippen LogP contribution in [0.1, 0.15) is 17.2 Å². The zero-order valence-corrected chi connectivity index (χ0v) is 11.7. The zero-order chi connectivity index (χ0) is 11.4. The van der Waals surface area contributed by atoms with Crippen molar-refractivity contribution >= 4 is 33.9 Å². The second-order valence-corrected chi connectivity index (χ2v) is 5.64. The first-order valence-electron chi connectivity index (χ1n) is 5.02. The molecule has 0 bridgehead atoms. The van der Waals surface area contributed by atoms with Gasteiger partial charge in [0.05, 0.1) is 6.04 Å². The Balaban J connectivity index is 2.16. The fourth-order valence-corrected chi connectivity index (χ4v) is 2.89. The quantitative estimate of drug-likeness (QED) is 0.508. The molecule has 1 heterocycles. The molecule has 0 spiro atoms. The third-order valence-corrected chi connectivity index (χ3v) is 3.88. The Kier molecular flexibility index (Phi) is 4.34. The Bertz CT molecular complexity index is 442. The van der Waals surface area contributed by atoms with Gasteiger partial charge < -0.3 is 0 Å². The average Bonchev–Trinajstić information content (AvgIpc) is 2.78. The van der Waals surface area contributed by atoms with Crippen LogP contribution in [0.4, 0.5) is 0 Å². The standard InChI is InChI=1S/C12H13IN2S/c13-11-3-1-2-10(7-11)12(15-14)6-9-4-5-16-8-9/h1-5,7-8,12,15H,6,14H2. The Morgan fingerprint density at radius 2 is 2.25 bits per heavy atom. The van der Waals surface area contributed by atoms with E-state index in [0.717, 1.165) is 6.42 Å². The van der Waals surface area contributed by atoms with Gasteiger partial charge in [0.1, 0.15) is 0 Å². The number of hydrazine groups is 1. The average molecular weight is 344 g/mol. The second kappa shape index (κ2) is 5.77. The van der Waals surface area contributed by atoms with Gasteiger partial charge in [0.2, 0.25) is 0 Å². The van der Waals surface area contributed by atoms with Crippen LogP contribution in [-0.4, -0.2) is 0 Å². The molecule has 0 saturated heterocycles. The molecule has 1 aromatic heterocycles. The molecule has 2 rings (SSSR count). The van der Waals surface area contributed by atoms with E-state index in [4.69, 9.17) is 5.84 Å². The topological polar surface area (TPSA) is 38.0 Å². The zero-order valence-electron chi connectivity index (χ0n) is 8.69. The van der Waals surface area contributed by atoms with Crippen LogP contribution in [-0.2, 0) is 6.42 Å². The van der Waals surface area contributed by atoms with E-state index in [9.17, 15) is 0 Å². The van der Waals surface area contributed by atoms with Gasteiger partial charge in [0.15, 0.2) is 0 Å². The summed E-state index contributed by atoms with van der Waals surface area (Å²) in [4.78, 5) is 0. The van der Waals surface area contributed by atoms with Crippen molar-refractivity contribution in [3.63, 3.8) is 0 Å². The minimum Gasteiger partial charge on any atom is -0.271 e. The Morgan fingerprint density at radius 3 is 2.88 bits per heavy atom. The highest BCUT2D eigenvalue weighted by atomic mass is 127. The summed E-state index contributed by atoms with van der Waals surface area (Å²) in [6, 6.07) is 10.8. The first-order chi connectivity index (χ1) is 7.79. The largest absolute Gasteiger partial charge is 0.271 e. The summed E-state index contributed by atoms with van der Waals surface area (Å²) < 4.78 is 1.24. The summed E-state index contributed by atoms with van der Waals surface area (Å²) in [6.45, 7) is 0. The maximum atomic E-state index is 5.62. The van der Waals surface area contributed by atoms with Crippen molar-refractivity contribution in [1.29, 1.82) is 0 Å². The highest BCUT2D eigenvalue weighted by Gasteiger charge is 2.10. The van der Waals surface area contributed by atoms with Gasteiger partial charge in [0.25, 0.3) is 0 Å². The van der Waals surface area contributed by atoms with Gasteiger partial charge in [-0.15, -0.1) is 0 Å². The molecule has 0 aliphatic heterocycles. The van der Waals surface area contributed by atoms with E-state index in [1.165, 1.54) is 14.7 Å². The van der Waals surface area contributed by atoms with E-state index in [1.807, 2.05) is 0 Å². The Hall–Kier alpha value is -0.430. The fraction of sp³-hybridized carbons (Fsp3) is 0.167. The van der Waals surface area contributed by atoms with Gasteiger partial charge in [-0.3, -0.25) is 11.3 Å². The van der Waals surface area contributed by atoms with Crippen LogP contribution in [0.2, 0.25) is 0 Å². The second-order valence-electron chi connectivity index (χ2n) is 3.61. The van der Waals surface area contributed by atoms with E-state index in [2.05, 4.69) is 69.1 Å². The van der Waals surface area contributed by atoms with Gasteiger partial charge in [0, 0.05) is 3.57 Å². The SMILES string of the molecule is NNC(Cc1ccsc1)c1cccc(I)c1. The number of nitrogens with one attached hydrogen (secondary N) is 1. The molecule has 0 fully saturated rings. The third kappa shape index (κ3) is 3.04. The van der Waals surface area contributed by atoms with Crippen molar-refractivity contribution in [2.24, 2.45) is 5.84 Å². The van der Waals surface area contributed by atoms with E-state index in [0.29, 0.717) is 0 Å². The van der Waals surface area contributed by atoms with E-state index >= 15 is 0 Å². The highest BCUT2D eigenvalue weighted by Crippen LogP contribution is 2.20. The molecule has 0 saturated carbocycles. The number of hydrogen-bond acceptors (Lipinski definition) is 3. The van der Waals surface area contributed by atoms with Crippen LogP contribution in [0.15, 0.2) is 41.1 Å². The Labute approximate surface area is 113 Å². The summed E-state index contributed by atoms with van der Waals surface area (Å²) in [6.07, 6.45) is 0.931. The first kappa shape index (κ1) is 12.0. The summed E-state index contributed by atoms with van der Waals surface area (Å²) in [5, 5.41) is 4.26. The summed E-state index contributed by atoms with van der Waals surface area (Å²) in [5.74, 6) is 5.62. The Morgan fingerprint density at radius 1 is 1.38 bits per heavy atom. The lowest BCUT2D eigenvalue weighted by Crippen LogP contribution is -2.29. The van der Waals surface area contributed by atoms with Crippen molar-refractivity contribution in [2.75, 3.05) is 0 Å². The summed E-state index contributed by atoms with van der Waals surface area (Å²) >= 11 is 4.04. The number of benzene rings is 1. The van der Waals surface area contributed by atoms with Gasteiger partial charge in [-0.1, -0.05) is 12.1 Å². The molecule has 16 heavy (non-hydrogen) atoms. The molecular weight excluding hydrogens is 331 g/mol. The molecule has 4 heteroatoms. The fourth-order valence-electron chi connectivity index (χ4n) is 1.64. The molecule has 0 aliphatic carbocycles. The molecule has 84 valence electrons. The van der Waals surface area contributed by atoms with Crippen molar-refractivity contribution in [3.05, 3.63) is 55.8 Å². The van der Waals surface area contributed by atoms with E-state index < -0.39 is 0 Å². The van der Waals surface area contributed by atoms with E-state index in [-0.39, 0.29) is 6.04 Å². The van der Waals surface area contributed by atoms with Gasteiger partial charge >= 0.3 is 0 Å². The van der Waals surface area contributed by atoms with E-state index in [1.54, 1.807) is 11.3 Å². The highest BCUT2D eigenvalue weighted by molar-refractivity contribution is 14.1. The minimum atomic E-state index is 0.185. The minimum absolute atomic E-state index is 0.185. The molecule has 0 aliphatic rings. The van der Waals surface area contributed by atoms with Crippen LogP contribution >= 0.6 is 33.9 Å². The van der Waals surface area contributed by atoms with Crippen LogP contribution < -0.4 is 11.3 Å². The number of halogens is 1. The predicted molar refractivity (Wildman–Crippen MR) is 77.2 cm³/mol. The van der Waals surface area contributed by atoms with Crippen molar-refractivity contribution in [3.8, 4) is 0 Å². The molecular formula is C12H13IN2S. The normalized spacial score (nSPS) is 12.6. The molecule has 0 radical (unpaired) electrons. The third-order valence-electron chi connectivity index (χ3n) is 2.47. The molecule has 2 aromatic rings. The maximum Gasteiger partial charge on any atom is 0.0500 e. The molecule has 1 atom stereocenters. The summed E-state index contributed by atoms with van der Waals surface area (Å²) in [5.41, 5.74) is 5.45. The monoisotopic (exact) mass is 344 g/mol. The molecule has 0 amide bonds. The molecule has 1 aromatic carbocycles. The lowest BCUT2D eigenvalue weighted by molar-refractivity contribution is 0.552.